The molecule has 0 amide bonds. The standard InChI is InChI=1S/C17H27NO2S/c1-14(10-12-21(3,19)20)18-16-9-11-17(2,13-16)15-7-5-4-6-8-15/h4-8,14,16,18H,9-13H2,1-3H3. The topological polar surface area (TPSA) is 46.2 Å². The highest BCUT2D eigenvalue weighted by Crippen LogP contribution is 2.40. The van der Waals surface area contributed by atoms with Gasteiger partial charge in [-0.2, -0.15) is 0 Å². The molecule has 0 aromatic heterocycles. The van der Waals surface area contributed by atoms with Gasteiger partial charge in [-0.05, 0) is 43.6 Å². The fourth-order valence-corrected chi connectivity index (χ4v) is 4.14. The molecule has 0 spiro atoms. The first-order valence-corrected chi connectivity index (χ1v) is 9.84. The molecule has 118 valence electrons. The van der Waals surface area contributed by atoms with E-state index < -0.39 is 9.84 Å². The third-order valence-electron chi connectivity index (χ3n) is 4.65. The summed E-state index contributed by atoms with van der Waals surface area (Å²) in [5.41, 5.74) is 1.66. The molecule has 0 radical (unpaired) electrons. The average Bonchev–Trinajstić information content (AvgIpc) is 2.80. The van der Waals surface area contributed by atoms with Gasteiger partial charge < -0.3 is 5.32 Å². The summed E-state index contributed by atoms with van der Waals surface area (Å²) in [7, 11) is -2.86. The molecule has 1 aliphatic carbocycles. The predicted molar refractivity (Wildman–Crippen MR) is 88.4 cm³/mol. The van der Waals surface area contributed by atoms with Crippen LogP contribution in [0.15, 0.2) is 30.3 Å². The number of benzene rings is 1. The number of hydrogen-bond acceptors (Lipinski definition) is 3. The molecule has 2 rings (SSSR count). The van der Waals surface area contributed by atoms with Crippen LogP contribution in [-0.2, 0) is 15.3 Å². The minimum Gasteiger partial charge on any atom is -0.311 e. The van der Waals surface area contributed by atoms with Gasteiger partial charge in [0.25, 0.3) is 0 Å². The van der Waals surface area contributed by atoms with Crippen LogP contribution in [0.4, 0.5) is 0 Å². The van der Waals surface area contributed by atoms with Gasteiger partial charge in [0, 0.05) is 18.3 Å². The van der Waals surface area contributed by atoms with E-state index >= 15 is 0 Å². The largest absolute Gasteiger partial charge is 0.311 e. The van der Waals surface area contributed by atoms with E-state index in [0.29, 0.717) is 12.5 Å². The number of sulfone groups is 1. The van der Waals surface area contributed by atoms with Crippen molar-refractivity contribution in [3.05, 3.63) is 35.9 Å². The molecule has 3 unspecified atom stereocenters. The van der Waals surface area contributed by atoms with Crippen molar-refractivity contribution in [2.45, 2.75) is 57.0 Å². The Morgan fingerprint density at radius 3 is 2.62 bits per heavy atom. The van der Waals surface area contributed by atoms with E-state index in [2.05, 4.69) is 49.5 Å². The first-order valence-electron chi connectivity index (χ1n) is 7.78. The lowest BCUT2D eigenvalue weighted by molar-refractivity contribution is 0.412. The molecule has 1 fully saturated rings. The molecule has 4 heteroatoms. The van der Waals surface area contributed by atoms with Crippen molar-refractivity contribution in [3.63, 3.8) is 0 Å². The van der Waals surface area contributed by atoms with Gasteiger partial charge in [-0.25, -0.2) is 8.42 Å². The monoisotopic (exact) mass is 309 g/mol. The Morgan fingerprint density at radius 1 is 1.33 bits per heavy atom. The number of hydrogen-bond donors (Lipinski definition) is 1. The third kappa shape index (κ3) is 4.82. The van der Waals surface area contributed by atoms with Gasteiger partial charge in [-0.1, -0.05) is 37.3 Å². The molecular weight excluding hydrogens is 282 g/mol. The fourth-order valence-electron chi connectivity index (χ4n) is 3.36. The van der Waals surface area contributed by atoms with Crippen molar-refractivity contribution >= 4 is 9.84 Å². The van der Waals surface area contributed by atoms with Gasteiger partial charge in [-0.15, -0.1) is 0 Å². The lowest BCUT2D eigenvalue weighted by Gasteiger charge is -2.26. The molecule has 21 heavy (non-hydrogen) atoms. The molecule has 0 saturated heterocycles. The molecule has 0 heterocycles. The Balaban J connectivity index is 1.88. The first kappa shape index (κ1) is 16.5. The second kappa shape index (κ2) is 6.49. The van der Waals surface area contributed by atoms with Crippen molar-refractivity contribution < 1.29 is 8.42 Å². The molecule has 3 atom stereocenters. The summed E-state index contributed by atoms with van der Waals surface area (Å²) in [6.45, 7) is 4.43. The summed E-state index contributed by atoms with van der Waals surface area (Å²) in [4.78, 5) is 0. The van der Waals surface area contributed by atoms with Crippen LogP contribution in [0.25, 0.3) is 0 Å². The smallest absolute Gasteiger partial charge is 0.147 e. The molecule has 0 aliphatic heterocycles. The van der Waals surface area contributed by atoms with Crippen LogP contribution in [0.5, 0.6) is 0 Å². The van der Waals surface area contributed by atoms with Gasteiger partial charge in [0.1, 0.15) is 9.84 Å². The maximum Gasteiger partial charge on any atom is 0.147 e. The lowest BCUT2D eigenvalue weighted by atomic mass is 9.81. The highest BCUT2D eigenvalue weighted by Gasteiger charge is 2.36. The van der Waals surface area contributed by atoms with Crippen molar-refractivity contribution in [2.24, 2.45) is 0 Å². The lowest BCUT2D eigenvalue weighted by Crippen LogP contribution is -2.37. The van der Waals surface area contributed by atoms with Crippen LogP contribution in [0.1, 0.15) is 45.1 Å². The minimum atomic E-state index is -2.86. The molecule has 0 bridgehead atoms. The van der Waals surface area contributed by atoms with Gasteiger partial charge in [0.05, 0.1) is 5.75 Å². The van der Waals surface area contributed by atoms with Crippen LogP contribution in [0.3, 0.4) is 0 Å². The van der Waals surface area contributed by atoms with E-state index in [9.17, 15) is 8.42 Å². The predicted octanol–water partition coefficient (Wildman–Crippen LogP) is 2.91. The van der Waals surface area contributed by atoms with E-state index in [1.165, 1.54) is 18.2 Å². The first-order chi connectivity index (χ1) is 9.78. The van der Waals surface area contributed by atoms with E-state index in [1.54, 1.807) is 0 Å². The Morgan fingerprint density at radius 2 is 2.00 bits per heavy atom. The highest BCUT2D eigenvalue weighted by atomic mass is 32.2. The second-order valence-electron chi connectivity index (χ2n) is 6.85. The molecule has 1 aromatic rings. The SMILES string of the molecule is CC(CCS(C)(=O)=O)NC1CCC(C)(c2ccccc2)C1. The van der Waals surface area contributed by atoms with E-state index in [4.69, 9.17) is 0 Å². The number of nitrogens with one attached hydrogen (secondary N) is 1. The van der Waals surface area contributed by atoms with Crippen LogP contribution < -0.4 is 5.32 Å². The highest BCUT2D eigenvalue weighted by molar-refractivity contribution is 7.90. The molecule has 1 aromatic carbocycles. The molecule has 1 saturated carbocycles. The summed E-state index contributed by atoms with van der Waals surface area (Å²) >= 11 is 0. The van der Waals surface area contributed by atoms with Crippen molar-refractivity contribution in [2.75, 3.05) is 12.0 Å². The molecule has 1 aliphatic rings. The van der Waals surface area contributed by atoms with Gasteiger partial charge >= 0.3 is 0 Å². The molecular formula is C17H27NO2S. The van der Waals surface area contributed by atoms with Crippen molar-refractivity contribution in [3.8, 4) is 0 Å². The Labute approximate surface area is 129 Å². The zero-order chi connectivity index (χ0) is 15.5. The van der Waals surface area contributed by atoms with Crippen molar-refractivity contribution in [1.82, 2.24) is 5.32 Å². The summed E-state index contributed by atoms with van der Waals surface area (Å²) in [5, 5.41) is 3.61. The Kier molecular flexibility index (Phi) is 5.10. The quantitative estimate of drug-likeness (QED) is 0.879. The van der Waals surface area contributed by atoms with Crippen LogP contribution in [0.2, 0.25) is 0 Å². The average molecular weight is 309 g/mol. The van der Waals surface area contributed by atoms with E-state index in [1.807, 2.05) is 0 Å². The zero-order valence-corrected chi connectivity index (χ0v) is 14.1. The number of rotatable bonds is 6. The van der Waals surface area contributed by atoms with Gasteiger partial charge in [0.2, 0.25) is 0 Å². The van der Waals surface area contributed by atoms with Gasteiger partial charge in [0.15, 0.2) is 0 Å². The van der Waals surface area contributed by atoms with Gasteiger partial charge in [-0.3, -0.25) is 0 Å². The Hall–Kier alpha value is -0.870. The normalized spacial score (nSPS) is 27.7. The maximum absolute atomic E-state index is 11.2. The minimum absolute atomic E-state index is 0.246. The van der Waals surface area contributed by atoms with E-state index in [-0.39, 0.29) is 17.2 Å². The van der Waals surface area contributed by atoms with Crippen LogP contribution in [-0.4, -0.2) is 32.5 Å². The second-order valence-corrected chi connectivity index (χ2v) is 9.11. The van der Waals surface area contributed by atoms with Crippen molar-refractivity contribution in [1.29, 1.82) is 0 Å². The summed E-state index contributed by atoms with van der Waals surface area (Å²) in [6, 6.07) is 11.5. The zero-order valence-electron chi connectivity index (χ0n) is 13.3. The summed E-state index contributed by atoms with van der Waals surface area (Å²) in [6.07, 6.45) is 5.47. The summed E-state index contributed by atoms with van der Waals surface area (Å²) in [5.74, 6) is 0.268. The van der Waals surface area contributed by atoms with Crippen LogP contribution in [0, 0.1) is 0 Å². The fraction of sp³-hybridized carbons (Fsp3) is 0.647. The third-order valence-corrected chi connectivity index (χ3v) is 5.63. The molecule has 3 nitrogen and oxygen atoms in total. The maximum atomic E-state index is 11.2. The van der Waals surface area contributed by atoms with Crippen LogP contribution >= 0.6 is 0 Å². The van der Waals surface area contributed by atoms with E-state index in [0.717, 1.165) is 12.8 Å². The summed E-state index contributed by atoms with van der Waals surface area (Å²) < 4.78 is 22.5. The molecule has 1 N–H and O–H groups in total. The Bertz CT molecular complexity index is 555.